The van der Waals surface area contributed by atoms with E-state index in [1.807, 2.05) is 45.2 Å². The van der Waals surface area contributed by atoms with E-state index in [9.17, 15) is 32.5 Å². The molecule has 0 radical (unpaired) electrons. The number of halogens is 2. The first-order valence-corrected chi connectivity index (χ1v) is 16.9. The van der Waals surface area contributed by atoms with Gasteiger partial charge >= 0.3 is 17.9 Å². The quantitative estimate of drug-likeness (QED) is 0.191. The van der Waals surface area contributed by atoms with Crippen molar-refractivity contribution in [1.82, 2.24) is 0 Å². The second-order valence-electron chi connectivity index (χ2n) is 11.1. The molecule has 1 aliphatic heterocycles. The smallest absolute Gasteiger partial charge is 0.342 e. The third-order valence-electron chi connectivity index (χ3n) is 8.82. The molecule has 4 fully saturated rings. The summed E-state index contributed by atoms with van der Waals surface area (Å²) in [6, 6.07) is 7.10. The number of phenolic OH excluding ortho intramolecular Hbond substituents is 1. The van der Waals surface area contributed by atoms with Gasteiger partial charge in [-0.3, -0.25) is 9.59 Å². The average Bonchev–Trinajstić information content (AvgIpc) is 3.54. The highest BCUT2D eigenvalue weighted by atomic mass is 127. The molecule has 2 bridgehead atoms. The van der Waals surface area contributed by atoms with Crippen molar-refractivity contribution in [3.05, 3.63) is 48.6 Å². The Bertz CT molecular complexity index is 1550. The molecule has 3 aliphatic carbocycles. The Hall–Kier alpha value is -1.98. The molecule has 3 saturated carbocycles. The second-order valence-corrected chi connectivity index (χ2v) is 14.8. The van der Waals surface area contributed by atoms with E-state index in [1.165, 1.54) is 24.3 Å². The molecule has 0 aromatic heterocycles. The van der Waals surface area contributed by atoms with Gasteiger partial charge in [0, 0.05) is 15.4 Å². The molecule has 2 aromatic carbocycles. The van der Waals surface area contributed by atoms with Crippen molar-refractivity contribution >= 4 is 73.2 Å². The normalized spacial score (nSPS) is 28.9. The van der Waals surface area contributed by atoms with Gasteiger partial charge in [0.2, 0.25) is 0 Å². The third-order valence-corrected chi connectivity index (χ3v) is 11.2. The maximum Gasteiger partial charge on any atom is 0.342 e. The molecule has 218 valence electrons. The lowest BCUT2D eigenvalue weighted by Crippen LogP contribution is -2.44. The van der Waals surface area contributed by atoms with Gasteiger partial charge in [0.05, 0.1) is 20.3 Å². The van der Waals surface area contributed by atoms with Gasteiger partial charge in [-0.05, 0) is 106 Å². The van der Waals surface area contributed by atoms with Crippen LogP contribution in [0.1, 0.15) is 60.4 Å². The fourth-order valence-corrected chi connectivity index (χ4v) is 9.71. The molecule has 6 rings (SSSR count). The van der Waals surface area contributed by atoms with Crippen LogP contribution in [0.2, 0.25) is 0 Å². The third kappa shape index (κ3) is 5.24. The minimum absolute atomic E-state index is 0.0206. The van der Waals surface area contributed by atoms with Crippen molar-refractivity contribution in [1.29, 1.82) is 0 Å². The van der Waals surface area contributed by atoms with Gasteiger partial charge in [-0.1, -0.05) is 19.3 Å². The van der Waals surface area contributed by atoms with Crippen molar-refractivity contribution in [2.45, 2.75) is 61.5 Å². The topological polar surface area (TPSA) is 156 Å². The summed E-state index contributed by atoms with van der Waals surface area (Å²) in [6.07, 6.45) is 3.14. The average molecular weight is 807 g/mol. The zero-order valence-corrected chi connectivity index (χ0v) is 26.6. The number of hydrogen-bond acceptors (Lipinski definition) is 10. The van der Waals surface area contributed by atoms with E-state index in [1.54, 1.807) is 6.07 Å². The van der Waals surface area contributed by atoms with Gasteiger partial charge in [0.15, 0.2) is 0 Å². The van der Waals surface area contributed by atoms with Crippen molar-refractivity contribution in [2.24, 2.45) is 23.7 Å². The van der Waals surface area contributed by atoms with Gasteiger partial charge in [-0.2, -0.15) is 0 Å². The molecule has 0 amide bonds. The molecular weight excluding hydrogens is 782 g/mol. The van der Waals surface area contributed by atoms with Gasteiger partial charge in [-0.25, -0.2) is 13.2 Å². The van der Waals surface area contributed by atoms with E-state index in [-0.39, 0.29) is 33.8 Å². The standard InChI is InChI=1S/C28H26I2O10S/c29-13-8-18(23(31)19(30)9-13)26(32)39-24-16-11-17-22(28(34)40-25(17)24)21(16)27(33)38-14-6-7-20(41(35,36)37)15(10-14)12-4-2-1-3-5-12/h6-10,12,16-17,21-22,24-25,31H,1-5,11H2,(H,35,36,37)/p-1. The Morgan fingerprint density at radius 3 is 2.49 bits per heavy atom. The van der Waals surface area contributed by atoms with Crippen LogP contribution in [-0.2, 0) is 29.2 Å². The van der Waals surface area contributed by atoms with E-state index in [4.69, 9.17) is 14.2 Å². The van der Waals surface area contributed by atoms with Gasteiger partial charge in [0.1, 0.15) is 39.4 Å². The number of aromatic hydroxyl groups is 1. The summed E-state index contributed by atoms with van der Waals surface area (Å²) in [6.45, 7) is 0. The Morgan fingerprint density at radius 2 is 1.78 bits per heavy atom. The Morgan fingerprint density at radius 1 is 1.05 bits per heavy atom. The first-order valence-electron chi connectivity index (χ1n) is 13.3. The van der Waals surface area contributed by atoms with Crippen LogP contribution in [0.3, 0.4) is 0 Å². The highest BCUT2D eigenvalue weighted by Crippen LogP contribution is 2.59. The zero-order valence-electron chi connectivity index (χ0n) is 21.5. The van der Waals surface area contributed by atoms with Crippen LogP contribution in [-0.4, -0.2) is 48.2 Å². The van der Waals surface area contributed by atoms with E-state index in [0.29, 0.717) is 15.6 Å². The lowest BCUT2D eigenvalue weighted by atomic mass is 9.78. The number of phenols is 1. The van der Waals surface area contributed by atoms with E-state index in [0.717, 1.165) is 35.7 Å². The molecule has 4 aliphatic rings. The SMILES string of the molecule is O=C(OC1C2CC3C1OC(=O)C3C2C(=O)Oc1ccc(S(=O)(=O)[O-])c(C2CCCCC2)c1)c1cc(I)cc(I)c1O. The molecule has 13 heteroatoms. The molecule has 41 heavy (non-hydrogen) atoms. The van der Waals surface area contributed by atoms with E-state index in [2.05, 4.69) is 0 Å². The van der Waals surface area contributed by atoms with Crippen LogP contribution < -0.4 is 4.74 Å². The number of carbonyl (C=O) groups excluding carboxylic acids is 3. The van der Waals surface area contributed by atoms with E-state index < -0.39 is 58.0 Å². The first kappa shape index (κ1) is 29.1. The van der Waals surface area contributed by atoms with Gasteiger partial charge in [0.25, 0.3) is 0 Å². The summed E-state index contributed by atoms with van der Waals surface area (Å²) in [5.41, 5.74) is 0.324. The molecule has 10 nitrogen and oxygen atoms in total. The molecule has 0 spiro atoms. The predicted octanol–water partition coefficient (Wildman–Crippen LogP) is 4.49. The Labute approximate surface area is 263 Å². The van der Waals surface area contributed by atoms with Crippen LogP contribution in [0, 0.1) is 30.8 Å². The summed E-state index contributed by atoms with van der Waals surface area (Å²) >= 11 is 3.94. The van der Waals surface area contributed by atoms with Crippen molar-refractivity contribution in [2.75, 3.05) is 0 Å². The lowest BCUT2D eigenvalue weighted by Gasteiger charge is -2.30. The first-order chi connectivity index (χ1) is 19.4. The van der Waals surface area contributed by atoms with Crippen LogP contribution in [0.25, 0.3) is 0 Å². The maximum atomic E-state index is 13.6. The summed E-state index contributed by atoms with van der Waals surface area (Å²) < 4.78 is 54.1. The number of carbonyl (C=O) groups is 3. The van der Waals surface area contributed by atoms with Crippen molar-refractivity contribution in [3.8, 4) is 11.5 Å². The zero-order chi connectivity index (χ0) is 29.2. The molecular formula is C28H25I2O10S-. The lowest BCUT2D eigenvalue weighted by molar-refractivity contribution is -0.149. The predicted molar refractivity (Wildman–Crippen MR) is 157 cm³/mol. The van der Waals surface area contributed by atoms with E-state index >= 15 is 0 Å². The number of benzene rings is 2. The fourth-order valence-electron chi connectivity index (χ4n) is 7.11. The summed E-state index contributed by atoms with van der Waals surface area (Å²) in [4.78, 5) is 39.2. The van der Waals surface area contributed by atoms with Crippen LogP contribution >= 0.6 is 45.2 Å². The minimum Gasteiger partial charge on any atom is -0.744 e. The molecule has 1 saturated heterocycles. The van der Waals surface area contributed by atoms with Crippen LogP contribution in [0.15, 0.2) is 35.2 Å². The number of fused-ring (bicyclic) bond motifs is 1. The number of esters is 3. The molecule has 6 unspecified atom stereocenters. The summed E-state index contributed by atoms with van der Waals surface area (Å²) in [5.74, 6) is -4.85. The summed E-state index contributed by atoms with van der Waals surface area (Å²) in [7, 11) is -4.73. The Balaban J connectivity index is 1.26. The molecule has 1 heterocycles. The second kappa shape index (κ2) is 10.9. The molecule has 6 atom stereocenters. The van der Waals surface area contributed by atoms with Crippen LogP contribution in [0.5, 0.6) is 11.5 Å². The summed E-state index contributed by atoms with van der Waals surface area (Å²) in [5, 5.41) is 10.4. The number of rotatable bonds is 6. The Kier molecular flexibility index (Phi) is 7.77. The molecule has 2 aromatic rings. The highest BCUT2D eigenvalue weighted by Gasteiger charge is 2.70. The van der Waals surface area contributed by atoms with Gasteiger partial charge in [-0.15, -0.1) is 0 Å². The van der Waals surface area contributed by atoms with Crippen molar-refractivity contribution in [3.63, 3.8) is 0 Å². The highest BCUT2D eigenvalue weighted by molar-refractivity contribution is 14.1. The van der Waals surface area contributed by atoms with Gasteiger partial charge < -0.3 is 23.9 Å². The monoisotopic (exact) mass is 807 g/mol. The maximum absolute atomic E-state index is 13.6. The van der Waals surface area contributed by atoms with Crippen molar-refractivity contribution < 1.29 is 46.7 Å². The fraction of sp³-hybridized carbons (Fsp3) is 0.464. The minimum atomic E-state index is -4.73. The largest absolute Gasteiger partial charge is 0.744 e. The van der Waals surface area contributed by atoms with Crippen LogP contribution in [0.4, 0.5) is 0 Å². The number of ether oxygens (including phenoxy) is 3. The number of hydrogen-bond donors (Lipinski definition) is 1. The molecule has 1 N–H and O–H groups in total.